The summed E-state index contributed by atoms with van der Waals surface area (Å²) in [7, 11) is 1.50. The molecule has 1 amide bonds. The van der Waals surface area contributed by atoms with E-state index in [0.717, 1.165) is 5.56 Å². The van der Waals surface area contributed by atoms with Crippen LogP contribution in [0.15, 0.2) is 30.3 Å². The molecule has 4 nitrogen and oxygen atoms in total. The summed E-state index contributed by atoms with van der Waals surface area (Å²) in [6.07, 6.45) is 7.10. The van der Waals surface area contributed by atoms with E-state index in [1.54, 1.807) is 0 Å². The van der Waals surface area contributed by atoms with Gasteiger partial charge in [-0.2, -0.15) is 0 Å². The molecule has 1 saturated heterocycles. The van der Waals surface area contributed by atoms with Crippen molar-refractivity contribution < 1.29 is 14.3 Å². The van der Waals surface area contributed by atoms with E-state index in [1.165, 1.54) is 58.9 Å². The van der Waals surface area contributed by atoms with E-state index < -0.39 is 18.4 Å². The molecule has 0 aromatic heterocycles. The summed E-state index contributed by atoms with van der Waals surface area (Å²) < 4.78 is 16.0. The zero-order valence-corrected chi connectivity index (χ0v) is 22.0. The molecule has 0 aliphatic carbocycles. The van der Waals surface area contributed by atoms with Crippen molar-refractivity contribution in [1.82, 2.24) is 4.90 Å². The number of methoxy groups -OCH3 is 1. The van der Waals surface area contributed by atoms with Crippen LogP contribution in [-0.2, 0) is 9.47 Å². The van der Waals surface area contributed by atoms with Crippen LogP contribution in [0.25, 0.3) is 0 Å². The minimum atomic E-state index is -2.83. The third-order valence-corrected chi connectivity index (χ3v) is 22.3. The Kier molecular flexibility index (Phi) is 10.3. The molecule has 0 N–H and O–H groups in total. The van der Waals surface area contributed by atoms with Crippen molar-refractivity contribution in [3.8, 4) is 0 Å². The monoisotopic (exact) mass is 511 g/mol. The topological polar surface area (TPSA) is 38.8 Å². The van der Waals surface area contributed by atoms with Gasteiger partial charge in [0.1, 0.15) is 0 Å². The molecule has 5 heteroatoms. The van der Waals surface area contributed by atoms with Gasteiger partial charge in [0.2, 0.25) is 0 Å². The predicted molar refractivity (Wildman–Crippen MR) is 123 cm³/mol. The van der Waals surface area contributed by atoms with Gasteiger partial charge in [-0.3, -0.25) is 0 Å². The Morgan fingerprint density at radius 3 is 1.97 bits per heavy atom. The number of hydrogen-bond acceptors (Lipinski definition) is 3. The molecule has 2 rings (SSSR count). The SMILES string of the molecule is CCC[CH2][Sn]([CH2]CCC)([CH2]CCC)[C@H]1O[C@H](c2ccccc2)[C@H](C)N1C(=O)OC. The first-order valence-corrected chi connectivity index (χ1v) is 19.3. The molecular weight excluding hydrogens is 469 g/mol. The van der Waals surface area contributed by atoms with Gasteiger partial charge in [0.15, 0.2) is 0 Å². The zero-order chi connectivity index (χ0) is 21.3. The number of carbonyl (C=O) groups excluding carboxylic acids is 1. The molecule has 1 fully saturated rings. The molecule has 1 aliphatic heterocycles. The average Bonchev–Trinajstić information content (AvgIpc) is 3.11. The van der Waals surface area contributed by atoms with Crippen molar-refractivity contribution in [3.63, 3.8) is 0 Å². The fraction of sp³-hybridized carbons (Fsp3) is 0.708. The van der Waals surface area contributed by atoms with Gasteiger partial charge in [-0.25, -0.2) is 0 Å². The molecule has 0 bridgehead atoms. The van der Waals surface area contributed by atoms with E-state index in [0.29, 0.717) is 0 Å². The third-order valence-electron chi connectivity index (χ3n) is 6.53. The summed E-state index contributed by atoms with van der Waals surface area (Å²) in [4.78, 5) is 14.9. The number of nitrogens with zero attached hydrogens (tertiary/aromatic N) is 1. The second-order valence-electron chi connectivity index (χ2n) is 8.61. The van der Waals surface area contributed by atoms with Gasteiger partial charge in [0.05, 0.1) is 0 Å². The molecule has 0 spiro atoms. The fourth-order valence-corrected chi connectivity index (χ4v) is 22.0. The maximum absolute atomic E-state index is 12.9. The van der Waals surface area contributed by atoms with E-state index in [4.69, 9.17) is 9.47 Å². The molecule has 164 valence electrons. The number of carbonyl (C=O) groups is 1. The van der Waals surface area contributed by atoms with Crippen LogP contribution in [0.1, 0.15) is 77.9 Å². The normalized spacial score (nSPS) is 22.1. The number of benzene rings is 1. The number of hydrogen-bond donors (Lipinski definition) is 0. The van der Waals surface area contributed by atoms with Gasteiger partial charge in [-0.15, -0.1) is 0 Å². The van der Waals surface area contributed by atoms with Crippen molar-refractivity contribution in [1.29, 1.82) is 0 Å². The first kappa shape index (κ1) is 24.5. The van der Waals surface area contributed by atoms with Crippen molar-refractivity contribution in [2.24, 2.45) is 0 Å². The standard InChI is InChI=1S/C12H14NO3.3C4H9.Sn/c1-9-11(10-6-4-3-5-7-10)16-8-13(9)12(14)15-2;3*1-3-4-2;/h3-9,11H,1-2H3;3*1,3-4H2,2H3;/t9-,11-;;;;/m0..../s1. The van der Waals surface area contributed by atoms with Crippen LogP contribution >= 0.6 is 0 Å². The van der Waals surface area contributed by atoms with E-state index in [2.05, 4.69) is 52.0 Å². The van der Waals surface area contributed by atoms with Crippen LogP contribution in [0.4, 0.5) is 4.79 Å². The van der Waals surface area contributed by atoms with Gasteiger partial charge in [0, 0.05) is 0 Å². The molecule has 3 atom stereocenters. The van der Waals surface area contributed by atoms with Crippen molar-refractivity contribution in [3.05, 3.63) is 35.9 Å². The first-order valence-electron chi connectivity index (χ1n) is 11.6. The number of amides is 1. The summed E-state index contributed by atoms with van der Waals surface area (Å²) in [5.74, 6) is 0. The van der Waals surface area contributed by atoms with Gasteiger partial charge in [-0.1, -0.05) is 0 Å². The molecule has 29 heavy (non-hydrogen) atoms. The first-order chi connectivity index (χ1) is 14.0. The Labute approximate surface area is 182 Å². The zero-order valence-electron chi connectivity index (χ0n) is 19.2. The van der Waals surface area contributed by atoms with Gasteiger partial charge in [-0.05, 0) is 0 Å². The van der Waals surface area contributed by atoms with E-state index in [-0.39, 0.29) is 22.5 Å². The minimum absolute atomic E-state index is 0.00388. The van der Waals surface area contributed by atoms with E-state index in [9.17, 15) is 4.79 Å². The molecule has 0 radical (unpaired) electrons. The Hall–Kier alpha value is -0.751. The maximum atomic E-state index is 12.9. The van der Waals surface area contributed by atoms with Crippen LogP contribution in [0.5, 0.6) is 0 Å². The summed E-state index contributed by atoms with van der Waals surface area (Å²) in [6, 6.07) is 10.4. The van der Waals surface area contributed by atoms with Crippen molar-refractivity contribution in [2.75, 3.05) is 7.11 Å². The Morgan fingerprint density at radius 2 is 1.52 bits per heavy atom. The van der Waals surface area contributed by atoms with Crippen LogP contribution < -0.4 is 0 Å². The summed E-state index contributed by atoms with van der Waals surface area (Å²) in [5.41, 5.74) is 1.16. The summed E-state index contributed by atoms with van der Waals surface area (Å²) >= 11 is -2.83. The van der Waals surface area contributed by atoms with Gasteiger partial charge in [0.25, 0.3) is 0 Å². The Morgan fingerprint density at radius 1 is 1.00 bits per heavy atom. The Bertz CT molecular complexity index is 588. The third kappa shape index (κ3) is 5.90. The average molecular weight is 510 g/mol. The fourth-order valence-electron chi connectivity index (χ4n) is 4.82. The molecule has 0 unspecified atom stereocenters. The number of rotatable bonds is 11. The van der Waals surface area contributed by atoms with Crippen LogP contribution in [0, 0.1) is 0 Å². The molecule has 1 aromatic carbocycles. The second-order valence-corrected chi connectivity index (χ2v) is 22.1. The van der Waals surface area contributed by atoms with Crippen LogP contribution in [0.3, 0.4) is 0 Å². The molecule has 1 aliphatic rings. The molecule has 1 aromatic rings. The van der Waals surface area contributed by atoms with E-state index >= 15 is 0 Å². The molecular formula is C24H41NO3Sn. The Balaban J connectivity index is 2.46. The van der Waals surface area contributed by atoms with Crippen LogP contribution in [0.2, 0.25) is 13.3 Å². The van der Waals surface area contributed by atoms with Gasteiger partial charge >= 0.3 is 183 Å². The number of ether oxygens (including phenoxy) is 2. The number of unbranched alkanes of at least 4 members (excludes halogenated alkanes) is 3. The van der Waals surface area contributed by atoms with E-state index in [1.807, 2.05) is 11.0 Å². The predicted octanol–water partition coefficient (Wildman–Crippen LogP) is 6.93. The molecule has 0 saturated carbocycles. The summed E-state index contributed by atoms with van der Waals surface area (Å²) in [6.45, 7) is 8.96. The van der Waals surface area contributed by atoms with Crippen molar-refractivity contribution in [2.45, 2.75) is 95.9 Å². The van der Waals surface area contributed by atoms with Crippen LogP contribution in [-0.4, -0.2) is 46.8 Å². The second kappa shape index (κ2) is 12.2. The van der Waals surface area contributed by atoms with Crippen molar-refractivity contribution >= 4 is 24.5 Å². The summed E-state index contributed by atoms with van der Waals surface area (Å²) in [5, 5.41) is 0. The quantitative estimate of drug-likeness (QED) is 0.303. The van der Waals surface area contributed by atoms with Gasteiger partial charge < -0.3 is 0 Å². The molecule has 1 heterocycles.